The number of carbonyl (C=O) groups excluding carboxylic acids is 1. The van der Waals surface area contributed by atoms with Crippen LogP contribution in [0.2, 0.25) is 0 Å². The fraction of sp³-hybridized carbons (Fsp3) is 0.812. The van der Waals surface area contributed by atoms with Crippen LogP contribution >= 0.6 is 0 Å². The highest BCUT2D eigenvalue weighted by atomic mass is 32.2. The first-order valence-corrected chi connectivity index (χ1v) is 10.1. The van der Waals surface area contributed by atoms with Gasteiger partial charge in [0.05, 0.1) is 36.3 Å². The Morgan fingerprint density at radius 1 is 1.04 bits per heavy atom. The molecule has 0 fully saturated rings. The summed E-state index contributed by atoms with van der Waals surface area (Å²) in [4.78, 5) is 10.8. The molecule has 1 amide bonds. The van der Waals surface area contributed by atoms with Gasteiger partial charge in [0.25, 0.3) is 0 Å². The summed E-state index contributed by atoms with van der Waals surface area (Å²) < 4.78 is 33.4. The van der Waals surface area contributed by atoms with E-state index in [1.54, 1.807) is 6.08 Å². The van der Waals surface area contributed by atoms with Crippen LogP contribution in [0.3, 0.4) is 0 Å². The highest BCUT2D eigenvalue weighted by molar-refractivity contribution is 7.85. The summed E-state index contributed by atoms with van der Waals surface area (Å²) in [6.45, 7) is 7.72. The first-order valence-electron chi connectivity index (χ1n) is 8.49. The Labute approximate surface area is 141 Å². The van der Waals surface area contributed by atoms with E-state index < -0.39 is 16.0 Å². The molecule has 0 aromatic rings. The van der Waals surface area contributed by atoms with Crippen molar-refractivity contribution in [2.24, 2.45) is 5.73 Å². The quantitative estimate of drug-likeness (QED) is 0.294. The van der Waals surface area contributed by atoms with Crippen LogP contribution in [0, 0.1) is 0 Å². The van der Waals surface area contributed by atoms with Crippen LogP contribution in [-0.4, -0.2) is 55.3 Å². The fourth-order valence-electron chi connectivity index (χ4n) is 2.78. The number of unbranched alkanes of at least 4 members (excludes halogenated alkanes) is 2. The van der Waals surface area contributed by atoms with E-state index in [1.807, 2.05) is 0 Å². The van der Waals surface area contributed by atoms with E-state index in [0.29, 0.717) is 13.0 Å². The second-order valence-corrected chi connectivity index (χ2v) is 7.68. The summed E-state index contributed by atoms with van der Waals surface area (Å²) >= 11 is 0. The highest BCUT2D eigenvalue weighted by Gasteiger charge is 2.25. The van der Waals surface area contributed by atoms with Crippen LogP contribution < -0.4 is 5.73 Å². The molecule has 2 N–H and O–H groups in total. The second-order valence-electron chi connectivity index (χ2n) is 6.15. The van der Waals surface area contributed by atoms with Crippen molar-refractivity contribution in [2.75, 3.05) is 31.9 Å². The minimum Gasteiger partial charge on any atom is -0.748 e. The molecule has 6 nitrogen and oxygen atoms in total. The van der Waals surface area contributed by atoms with Gasteiger partial charge < -0.3 is 14.8 Å². The van der Waals surface area contributed by atoms with Gasteiger partial charge in [0.2, 0.25) is 5.91 Å². The van der Waals surface area contributed by atoms with E-state index in [1.165, 1.54) is 6.08 Å². The zero-order chi connectivity index (χ0) is 17.8. The molecule has 0 aromatic carbocycles. The van der Waals surface area contributed by atoms with Crippen molar-refractivity contribution in [3.8, 4) is 0 Å². The number of hydrogen-bond donors (Lipinski definition) is 1. The molecule has 0 heterocycles. The molecule has 0 atom stereocenters. The number of primary amides is 1. The molecular weight excluding hydrogens is 316 g/mol. The van der Waals surface area contributed by atoms with E-state index in [9.17, 15) is 17.8 Å². The van der Waals surface area contributed by atoms with Crippen molar-refractivity contribution in [1.82, 2.24) is 0 Å². The van der Waals surface area contributed by atoms with Gasteiger partial charge in [-0.2, -0.15) is 0 Å². The van der Waals surface area contributed by atoms with Crippen molar-refractivity contribution in [2.45, 2.75) is 52.4 Å². The molecule has 0 saturated carbocycles. The molecule has 0 spiro atoms. The average molecular weight is 349 g/mol. The maximum atomic E-state index is 10.9. The van der Waals surface area contributed by atoms with Gasteiger partial charge in [-0.15, -0.1) is 0 Å². The number of nitrogens with two attached hydrogens (primary N) is 1. The van der Waals surface area contributed by atoms with E-state index in [0.717, 1.165) is 56.2 Å². The predicted octanol–water partition coefficient (Wildman–Crippen LogP) is 1.77. The Kier molecular flexibility index (Phi) is 11.1. The summed E-state index contributed by atoms with van der Waals surface area (Å²) in [6.07, 6.45) is 8.53. The standard InChI is InChI=1S/C16H32N2O4S/c1-3-5-11-18(12-6-4-2,13-8-7-10-16(17)19)14-9-15-23(20,21)22/h7,10H,3-6,8-9,11-15H2,1-2H3,(H2-,17,19,20,21,22). The zero-order valence-electron chi connectivity index (χ0n) is 14.5. The number of nitrogens with zero attached hydrogens (tertiary/aromatic N) is 1. The van der Waals surface area contributed by atoms with Crippen molar-refractivity contribution < 1.29 is 22.2 Å². The number of hydrogen-bond acceptors (Lipinski definition) is 4. The highest BCUT2D eigenvalue weighted by Crippen LogP contribution is 2.16. The molecular formula is C16H32N2O4S. The van der Waals surface area contributed by atoms with Crippen molar-refractivity contribution in [3.05, 3.63) is 12.2 Å². The zero-order valence-corrected chi connectivity index (χ0v) is 15.3. The molecule has 0 bridgehead atoms. The molecule has 0 rings (SSSR count). The van der Waals surface area contributed by atoms with Crippen LogP contribution in [0.25, 0.3) is 0 Å². The smallest absolute Gasteiger partial charge is 0.241 e. The molecule has 0 aliphatic rings. The van der Waals surface area contributed by atoms with Crippen LogP contribution in [0.5, 0.6) is 0 Å². The molecule has 7 heteroatoms. The Hall–Kier alpha value is -0.920. The third-order valence-electron chi connectivity index (χ3n) is 4.05. The lowest BCUT2D eigenvalue weighted by molar-refractivity contribution is -0.928. The average Bonchev–Trinajstić information content (AvgIpc) is 2.45. The number of amides is 1. The summed E-state index contributed by atoms with van der Waals surface area (Å²) in [5.41, 5.74) is 5.10. The fourth-order valence-corrected chi connectivity index (χ4v) is 3.27. The van der Waals surface area contributed by atoms with Crippen LogP contribution in [0.4, 0.5) is 0 Å². The molecule has 23 heavy (non-hydrogen) atoms. The van der Waals surface area contributed by atoms with Crippen molar-refractivity contribution in [3.63, 3.8) is 0 Å². The first kappa shape index (κ1) is 22.1. The molecule has 136 valence electrons. The summed E-state index contributed by atoms with van der Waals surface area (Å²) in [7, 11) is -4.16. The maximum absolute atomic E-state index is 10.9. The second kappa shape index (κ2) is 11.6. The SMILES string of the molecule is CCCC[N+](CCC=CC(N)=O)(CCCC)CCCS(=O)(=O)[O-]. The third kappa shape index (κ3) is 12.2. The largest absolute Gasteiger partial charge is 0.748 e. The van der Waals surface area contributed by atoms with Gasteiger partial charge in [0.15, 0.2) is 0 Å². The van der Waals surface area contributed by atoms with Crippen molar-refractivity contribution in [1.29, 1.82) is 0 Å². The lowest BCUT2D eigenvalue weighted by Crippen LogP contribution is -2.51. The van der Waals surface area contributed by atoms with Crippen LogP contribution in [-0.2, 0) is 14.9 Å². The molecule has 0 radical (unpaired) electrons. The lowest BCUT2D eigenvalue weighted by Gasteiger charge is -2.39. The maximum Gasteiger partial charge on any atom is 0.241 e. The van der Waals surface area contributed by atoms with Gasteiger partial charge in [-0.1, -0.05) is 32.8 Å². The van der Waals surface area contributed by atoms with Gasteiger partial charge in [-0.3, -0.25) is 4.79 Å². The minimum absolute atomic E-state index is 0.303. The molecule has 0 saturated heterocycles. The van der Waals surface area contributed by atoms with Crippen molar-refractivity contribution >= 4 is 16.0 Å². The minimum atomic E-state index is -4.16. The Bertz CT molecular complexity index is 453. The van der Waals surface area contributed by atoms with Gasteiger partial charge in [0, 0.05) is 18.6 Å². The normalized spacial score (nSPS) is 12.8. The summed E-state index contributed by atoms with van der Waals surface area (Å²) in [5.74, 6) is -0.759. The van der Waals surface area contributed by atoms with Gasteiger partial charge >= 0.3 is 0 Å². The molecule has 0 unspecified atom stereocenters. The van der Waals surface area contributed by atoms with E-state index in [4.69, 9.17) is 5.73 Å². The Morgan fingerprint density at radius 3 is 2.00 bits per heavy atom. The molecule has 0 aliphatic heterocycles. The van der Waals surface area contributed by atoms with Gasteiger partial charge in [0.1, 0.15) is 0 Å². The van der Waals surface area contributed by atoms with Crippen LogP contribution in [0.1, 0.15) is 52.4 Å². The van der Waals surface area contributed by atoms with Crippen LogP contribution in [0.15, 0.2) is 12.2 Å². The lowest BCUT2D eigenvalue weighted by atomic mass is 10.1. The topological polar surface area (TPSA) is 100 Å². The summed E-state index contributed by atoms with van der Waals surface area (Å²) in [5, 5.41) is 0. The number of rotatable bonds is 14. The first-order chi connectivity index (χ1) is 10.7. The number of carbonyl (C=O) groups is 1. The predicted molar refractivity (Wildman–Crippen MR) is 91.7 cm³/mol. The Morgan fingerprint density at radius 2 is 1.57 bits per heavy atom. The van der Waals surface area contributed by atoms with Gasteiger partial charge in [-0.05, 0) is 18.9 Å². The monoisotopic (exact) mass is 348 g/mol. The third-order valence-corrected chi connectivity index (χ3v) is 4.84. The van der Waals surface area contributed by atoms with E-state index in [2.05, 4.69) is 13.8 Å². The molecule has 0 aliphatic carbocycles. The summed E-state index contributed by atoms with van der Waals surface area (Å²) in [6, 6.07) is 0. The molecule has 0 aromatic heterocycles. The van der Waals surface area contributed by atoms with E-state index in [-0.39, 0.29) is 5.75 Å². The number of quaternary nitrogens is 1. The van der Waals surface area contributed by atoms with E-state index >= 15 is 0 Å². The van der Waals surface area contributed by atoms with Gasteiger partial charge in [-0.25, -0.2) is 8.42 Å². The Balaban J connectivity index is 4.87.